The first-order valence-electron chi connectivity index (χ1n) is 6.79. The molecule has 8 nitrogen and oxygen atoms in total. The van der Waals surface area contributed by atoms with E-state index < -0.39 is 21.2 Å². The number of rotatable bonds is 6. The predicted molar refractivity (Wildman–Crippen MR) is 92.9 cm³/mol. The molecule has 0 saturated heterocycles. The number of imidazole rings is 1. The molecule has 0 unspecified atom stereocenters. The number of nitrogens with zero attached hydrogens (tertiary/aromatic N) is 2. The number of carbonyl (C=O) groups is 2. The lowest BCUT2D eigenvalue weighted by Crippen LogP contribution is -2.21. The van der Waals surface area contributed by atoms with E-state index in [2.05, 4.69) is 34.4 Å². The van der Waals surface area contributed by atoms with E-state index in [1.54, 1.807) is 10.8 Å². The molecule has 0 fully saturated rings. The van der Waals surface area contributed by atoms with Crippen LogP contribution in [0.15, 0.2) is 5.16 Å². The van der Waals surface area contributed by atoms with Crippen LogP contribution in [0.3, 0.4) is 0 Å². The quantitative estimate of drug-likeness (QED) is 0.748. The molecule has 2 N–H and O–H groups in total. The fraction of sp³-hybridized carbons (Fsp3) is 0.615. The SMILES string of the molecule is CNC(=O)OCc1nc(SS(C)(C)C)n(C)c1COC(=O)NC. The normalized spacial score (nSPS) is 11.7. The second-order valence-corrected chi connectivity index (χ2v) is 12.8. The zero-order valence-corrected chi connectivity index (χ0v) is 15.9. The van der Waals surface area contributed by atoms with Gasteiger partial charge in [-0.3, -0.25) is 0 Å². The van der Waals surface area contributed by atoms with Gasteiger partial charge in [-0.05, 0) is 29.6 Å². The van der Waals surface area contributed by atoms with Gasteiger partial charge in [0, 0.05) is 21.1 Å². The molecule has 23 heavy (non-hydrogen) atoms. The van der Waals surface area contributed by atoms with Crippen molar-refractivity contribution in [3.05, 3.63) is 11.4 Å². The summed E-state index contributed by atoms with van der Waals surface area (Å²) in [6.07, 6.45) is 5.42. The fourth-order valence-corrected chi connectivity index (χ4v) is 4.18. The highest BCUT2D eigenvalue weighted by Gasteiger charge is 2.20. The average molecular weight is 364 g/mol. The highest BCUT2D eigenvalue weighted by molar-refractivity contribution is 8.93. The second-order valence-electron chi connectivity index (χ2n) is 5.31. The maximum Gasteiger partial charge on any atom is 0.407 e. The van der Waals surface area contributed by atoms with Gasteiger partial charge in [0.1, 0.15) is 18.9 Å². The zero-order chi connectivity index (χ0) is 17.6. The minimum atomic E-state index is -0.882. The molecule has 0 atom stereocenters. The molecule has 0 saturated carbocycles. The Kier molecular flexibility index (Phi) is 7.07. The van der Waals surface area contributed by atoms with Crippen LogP contribution in [0.1, 0.15) is 11.4 Å². The van der Waals surface area contributed by atoms with Crippen LogP contribution in [0, 0.1) is 0 Å². The molecular weight excluding hydrogens is 340 g/mol. The van der Waals surface area contributed by atoms with Gasteiger partial charge in [-0.2, -0.15) is 9.06 Å². The molecule has 132 valence electrons. The van der Waals surface area contributed by atoms with Crippen LogP contribution >= 0.6 is 19.9 Å². The van der Waals surface area contributed by atoms with Gasteiger partial charge >= 0.3 is 12.2 Å². The Morgan fingerprint density at radius 1 is 1.13 bits per heavy atom. The van der Waals surface area contributed by atoms with Gasteiger partial charge in [0.05, 0.1) is 5.69 Å². The van der Waals surface area contributed by atoms with E-state index in [4.69, 9.17) is 9.47 Å². The van der Waals surface area contributed by atoms with Gasteiger partial charge < -0.3 is 24.7 Å². The summed E-state index contributed by atoms with van der Waals surface area (Å²) < 4.78 is 12.0. The lowest BCUT2D eigenvalue weighted by molar-refractivity contribution is 0.131. The Labute approximate surface area is 141 Å². The van der Waals surface area contributed by atoms with Gasteiger partial charge in [-0.25, -0.2) is 14.6 Å². The summed E-state index contributed by atoms with van der Waals surface area (Å²) in [7, 11) is 5.62. The van der Waals surface area contributed by atoms with Crippen LogP contribution in [0.4, 0.5) is 9.59 Å². The summed E-state index contributed by atoms with van der Waals surface area (Å²) >= 11 is 0. The number of amides is 2. The van der Waals surface area contributed by atoms with Crippen LogP contribution in [0.25, 0.3) is 0 Å². The minimum Gasteiger partial charge on any atom is -0.443 e. The van der Waals surface area contributed by atoms with E-state index in [0.717, 1.165) is 5.16 Å². The molecular formula is C13H24N4O4S2. The van der Waals surface area contributed by atoms with Crippen molar-refractivity contribution in [3.8, 4) is 0 Å². The maximum atomic E-state index is 11.3. The van der Waals surface area contributed by atoms with Gasteiger partial charge in [0.2, 0.25) is 0 Å². The molecule has 0 aliphatic rings. The highest BCUT2D eigenvalue weighted by Crippen LogP contribution is 2.53. The summed E-state index contributed by atoms with van der Waals surface area (Å²) in [6.45, 7) is 0.0651. The van der Waals surface area contributed by atoms with Crippen LogP contribution in [0.5, 0.6) is 0 Å². The lowest BCUT2D eigenvalue weighted by atomic mass is 10.3. The monoisotopic (exact) mass is 364 g/mol. The summed E-state index contributed by atoms with van der Waals surface area (Å²) in [5.41, 5.74) is 1.27. The Balaban J connectivity index is 3.00. The molecule has 1 aromatic heterocycles. The van der Waals surface area contributed by atoms with Crippen molar-refractivity contribution in [1.82, 2.24) is 20.2 Å². The third-order valence-corrected chi connectivity index (χ3v) is 5.63. The smallest absolute Gasteiger partial charge is 0.407 e. The molecule has 0 aliphatic heterocycles. The van der Waals surface area contributed by atoms with Crippen molar-refractivity contribution in [2.75, 3.05) is 32.9 Å². The van der Waals surface area contributed by atoms with Crippen molar-refractivity contribution >= 4 is 32.0 Å². The molecule has 10 heteroatoms. The maximum absolute atomic E-state index is 11.3. The number of ether oxygens (including phenoxy) is 2. The summed E-state index contributed by atoms with van der Waals surface area (Å²) in [6, 6.07) is 0. The van der Waals surface area contributed by atoms with Gasteiger partial charge in [0.15, 0.2) is 5.16 Å². The molecule has 0 radical (unpaired) electrons. The largest absolute Gasteiger partial charge is 0.443 e. The van der Waals surface area contributed by atoms with Crippen molar-refractivity contribution in [2.45, 2.75) is 18.4 Å². The molecule has 1 aromatic rings. The van der Waals surface area contributed by atoms with E-state index in [9.17, 15) is 9.59 Å². The Hall–Kier alpha value is -1.55. The topological polar surface area (TPSA) is 94.5 Å². The molecule has 1 heterocycles. The van der Waals surface area contributed by atoms with E-state index in [-0.39, 0.29) is 13.2 Å². The first-order valence-corrected chi connectivity index (χ1v) is 11.0. The summed E-state index contributed by atoms with van der Waals surface area (Å²) in [4.78, 5) is 27.1. The van der Waals surface area contributed by atoms with E-state index in [0.29, 0.717) is 11.4 Å². The Bertz CT molecular complexity index is 569. The minimum absolute atomic E-state index is 0.0139. The van der Waals surface area contributed by atoms with Crippen LogP contribution in [0.2, 0.25) is 0 Å². The lowest BCUT2D eigenvalue weighted by Gasteiger charge is -2.23. The zero-order valence-electron chi connectivity index (χ0n) is 14.3. The van der Waals surface area contributed by atoms with Crippen molar-refractivity contribution in [2.24, 2.45) is 7.05 Å². The number of aromatic nitrogens is 2. The van der Waals surface area contributed by atoms with E-state index >= 15 is 0 Å². The number of nitrogens with one attached hydrogen (secondary N) is 2. The average Bonchev–Trinajstić information content (AvgIpc) is 2.76. The Morgan fingerprint density at radius 3 is 2.13 bits per heavy atom. The number of hydrogen-bond acceptors (Lipinski definition) is 6. The predicted octanol–water partition coefficient (Wildman–Crippen LogP) is 1.83. The van der Waals surface area contributed by atoms with Crippen molar-refractivity contribution in [3.63, 3.8) is 0 Å². The van der Waals surface area contributed by atoms with Gasteiger partial charge in [-0.1, -0.05) is 0 Å². The molecule has 0 bridgehead atoms. The van der Waals surface area contributed by atoms with Crippen LogP contribution in [-0.4, -0.2) is 54.6 Å². The third kappa shape index (κ3) is 6.22. The number of alkyl carbamates (subject to hydrolysis) is 2. The number of carbonyl (C=O) groups excluding carboxylic acids is 2. The van der Waals surface area contributed by atoms with Crippen molar-refractivity contribution in [1.29, 1.82) is 0 Å². The van der Waals surface area contributed by atoms with Gasteiger partial charge in [-0.15, -0.1) is 0 Å². The van der Waals surface area contributed by atoms with E-state index in [1.165, 1.54) is 14.1 Å². The number of hydrogen-bond donors (Lipinski definition) is 2. The highest BCUT2D eigenvalue weighted by atomic mass is 33.2. The van der Waals surface area contributed by atoms with Crippen LogP contribution < -0.4 is 10.6 Å². The molecule has 0 spiro atoms. The summed E-state index contributed by atoms with van der Waals surface area (Å²) in [5, 5.41) is 5.58. The summed E-state index contributed by atoms with van der Waals surface area (Å²) in [5.74, 6) is 0. The molecule has 0 aliphatic carbocycles. The Morgan fingerprint density at radius 2 is 1.65 bits per heavy atom. The third-order valence-electron chi connectivity index (χ3n) is 2.67. The molecule has 1 rings (SSSR count). The first kappa shape index (κ1) is 19.5. The van der Waals surface area contributed by atoms with Gasteiger partial charge in [0.25, 0.3) is 0 Å². The van der Waals surface area contributed by atoms with Crippen molar-refractivity contribution < 1.29 is 19.1 Å². The first-order chi connectivity index (χ1) is 10.7. The standard InChI is InChI=1S/C13H24N4O4S2/c1-14-12(18)20-7-9-10(8-21-13(19)15-2)17(3)11(16-9)22-23(4,5)6/h7-8H2,1-6H3,(H,14,18)(H,15,19). The van der Waals surface area contributed by atoms with Crippen LogP contribution in [-0.2, 0) is 29.7 Å². The van der Waals surface area contributed by atoms with E-state index in [1.807, 2.05) is 11.6 Å². The fourth-order valence-electron chi connectivity index (χ4n) is 1.57. The molecule has 0 aromatic carbocycles. The second kappa shape index (κ2) is 8.34. The molecule has 2 amide bonds.